The predicted octanol–water partition coefficient (Wildman–Crippen LogP) is 4.09. The quantitative estimate of drug-likeness (QED) is 0.566. The second-order valence-electron chi connectivity index (χ2n) is 6.15. The molecule has 29 heavy (non-hydrogen) atoms. The van der Waals surface area contributed by atoms with E-state index in [1.54, 1.807) is 19.1 Å². The third kappa shape index (κ3) is 4.63. The molecule has 0 atom stereocenters. The maximum Gasteiger partial charge on any atom is 0.362 e. The van der Waals surface area contributed by atoms with E-state index in [1.807, 2.05) is 19.1 Å². The summed E-state index contributed by atoms with van der Waals surface area (Å²) in [6.45, 7) is 3.39. The molecule has 8 heteroatoms. The molecule has 150 valence electrons. The Morgan fingerprint density at radius 3 is 2.59 bits per heavy atom. The molecule has 0 bridgehead atoms. The second kappa shape index (κ2) is 8.87. The fourth-order valence-corrected chi connectivity index (χ4v) is 2.80. The van der Waals surface area contributed by atoms with Gasteiger partial charge in [0.05, 0.1) is 23.4 Å². The summed E-state index contributed by atoms with van der Waals surface area (Å²) >= 11 is 6.00. The minimum atomic E-state index is -0.761. The number of hydrogen-bond donors (Lipinski definition) is 0. The van der Waals surface area contributed by atoms with Crippen LogP contribution in [0, 0.1) is 12.7 Å². The van der Waals surface area contributed by atoms with Crippen LogP contribution in [0.4, 0.5) is 4.39 Å². The molecule has 1 aromatic heterocycles. The average molecular weight is 417 g/mol. The Hall–Kier alpha value is -3.19. The minimum absolute atomic E-state index is 0.103. The van der Waals surface area contributed by atoms with Crippen molar-refractivity contribution < 1.29 is 18.7 Å². The van der Waals surface area contributed by atoms with Gasteiger partial charge in [-0.1, -0.05) is 35.4 Å². The van der Waals surface area contributed by atoms with E-state index < -0.39 is 17.3 Å². The third-order valence-electron chi connectivity index (χ3n) is 4.08. The summed E-state index contributed by atoms with van der Waals surface area (Å²) in [4.78, 5) is 25.0. The smallest absolute Gasteiger partial charge is 0.362 e. The zero-order valence-electron chi connectivity index (χ0n) is 15.8. The van der Waals surface area contributed by atoms with Crippen molar-refractivity contribution in [2.45, 2.75) is 20.5 Å². The van der Waals surface area contributed by atoms with Gasteiger partial charge >= 0.3 is 5.97 Å². The Morgan fingerprint density at radius 2 is 1.93 bits per heavy atom. The zero-order chi connectivity index (χ0) is 21.0. The number of benzene rings is 2. The van der Waals surface area contributed by atoms with E-state index in [2.05, 4.69) is 5.10 Å². The first-order chi connectivity index (χ1) is 13.9. The van der Waals surface area contributed by atoms with E-state index in [-0.39, 0.29) is 35.2 Å². The fourth-order valence-electron chi connectivity index (χ4n) is 2.58. The Kier molecular flexibility index (Phi) is 6.29. The van der Waals surface area contributed by atoms with Crippen LogP contribution >= 0.6 is 11.6 Å². The largest absolute Gasteiger partial charge is 0.486 e. The average Bonchev–Trinajstić information content (AvgIpc) is 2.68. The number of esters is 1. The van der Waals surface area contributed by atoms with Crippen molar-refractivity contribution >= 4 is 17.6 Å². The van der Waals surface area contributed by atoms with Crippen LogP contribution in [-0.2, 0) is 11.3 Å². The van der Waals surface area contributed by atoms with Gasteiger partial charge in [0, 0.05) is 5.56 Å². The number of hydrogen-bond acceptors (Lipinski definition) is 5. The molecule has 0 saturated heterocycles. The molecule has 0 aliphatic rings. The number of nitrogens with zero attached hydrogens (tertiary/aromatic N) is 2. The second-order valence-corrected chi connectivity index (χ2v) is 6.56. The summed E-state index contributed by atoms with van der Waals surface area (Å²) < 4.78 is 25.6. The first kappa shape index (κ1) is 20.5. The van der Waals surface area contributed by atoms with Crippen LogP contribution in [0.2, 0.25) is 5.02 Å². The number of ether oxygens (including phenoxy) is 2. The van der Waals surface area contributed by atoms with Crippen molar-refractivity contribution in [2.24, 2.45) is 0 Å². The summed E-state index contributed by atoms with van der Waals surface area (Å²) in [6.07, 6.45) is 0. The topological polar surface area (TPSA) is 70.4 Å². The van der Waals surface area contributed by atoms with Gasteiger partial charge in [-0.15, -0.1) is 0 Å². The van der Waals surface area contributed by atoms with Gasteiger partial charge in [0.25, 0.3) is 5.56 Å². The predicted molar refractivity (Wildman–Crippen MR) is 106 cm³/mol. The number of aromatic nitrogens is 2. The normalized spacial score (nSPS) is 10.6. The summed E-state index contributed by atoms with van der Waals surface area (Å²) in [7, 11) is 0. The first-order valence-electron chi connectivity index (χ1n) is 8.85. The number of carbonyl (C=O) groups excluding carboxylic acids is 1. The van der Waals surface area contributed by atoms with E-state index in [9.17, 15) is 14.0 Å². The van der Waals surface area contributed by atoms with Gasteiger partial charge in [0.1, 0.15) is 12.4 Å². The highest BCUT2D eigenvalue weighted by Crippen LogP contribution is 2.23. The molecular formula is C21H18ClFN2O4. The van der Waals surface area contributed by atoms with Gasteiger partial charge in [-0.2, -0.15) is 9.78 Å². The summed E-state index contributed by atoms with van der Waals surface area (Å²) in [5.74, 6) is -1.43. The van der Waals surface area contributed by atoms with Crippen LogP contribution in [0.5, 0.6) is 5.75 Å². The highest BCUT2D eigenvalue weighted by molar-refractivity contribution is 6.31. The zero-order valence-corrected chi connectivity index (χ0v) is 16.6. The number of carbonyl (C=O) groups is 1. The summed E-state index contributed by atoms with van der Waals surface area (Å²) in [5, 5.41) is 4.30. The lowest BCUT2D eigenvalue weighted by molar-refractivity contribution is 0.0511. The molecule has 0 amide bonds. The Labute approximate surface area is 171 Å². The van der Waals surface area contributed by atoms with Gasteiger partial charge in [-0.05, 0) is 38.1 Å². The highest BCUT2D eigenvalue weighted by Gasteiger charge is 2.20. The first-order valence-corrected chi connectivity index (χ1v) is 9.22. The van der Waals surface area contributed by atoms with Crippen molar-refractivity contribution in [2.75, 3.05) is 6.61 Å². The molecule has 1 heterocycles. The molecular weight excluding hydrogens is 399 g/mol. The van der Waals surface area contributed by atoms with Crippen LogP contribution < -0.4 is 10.3 Å². The Morgan fingerprint density at radius 1 is 1.21 bits per heavy atom. The monoisotopic (exact) mass is 416 g/mol. The van der Waals surface area contributed by atoms with E-state index in [0.717, 1.165) is 16.3 Å². The van der Waals surface area contributed by atoms with Gasteiger partial charge in [0.2, 0.25) is 5.69 Å². The maximum absolute atomic E-state index is 14.0. The van der Waals surface area contributed by atoms with Crippen molar-refractivity contribution in [1.29, 1.82) is 0 Å². The molecule has 6 nitrogen and oxygen atoms in total. The van der Waals surface area contributed by atoms with E-state index in [1.165, 1.54) is 18.2 Å². The SMILES string of the molecule is CCOC(=O)c1nn(-c2ccc(C)cc2)c(=O)cc1OCc1c(F)cccc1Cl. The Balaban J connectivity index is 2.01. The van der Waals surface area contributed by atoms with Crippen LogP contribution in [0.25, 0.3) is 5.69 Å². The van der Waals surface area contributed by atoms with Crippen molar-refractivity contribution in [3.8, 4) is 11.4 Å². The lowest BCUT2D eigenvalue weighted by atomic mass is 10.2. The van der Waals surface area contributed by atoms with Crippen molar-refractivity contribution in [1.82, 2.24) is 9.78 Å². The lowest BCUT2D eigenvalue weighted by Crippen LogP contribution is -2.25. The fraction of sp³-hybridized carbons (Fsp3) is 0.190. The van der Waals surface area contributed by atoms with Gasteiger partial charge < -0.3 is 9.47 Å². The standard InChI is InChI=1S/C21H18ClFN2O4/c1-3-28-21(27)20-18(29-12-15-16(22)5-4-6-17(15)23)11-19(26)25(24-20)14-9-7-13(2)8-10-14/h4-11H,3,12H2,1-2H3. The van der Waals surface area contributed by atoms with Crippen LogP contribution in [0.15, 0.2) is 53.3 Å². The summed E-state index contributed by atoms with van der Waals surface area (Å²) in [6, 6.07) is 12.4. The molecule has 0 saturated carbocycles. The van der Waals surface area contributed by atoms with Crippen LogP contribution in [0.3, 0.4) is 0 Å². The highest BCUT2D eigenvalue weighted by atomic mass is 35.5. The number of rotatable bonds is 6. The molecule has 0 aliphatic carbocycles. The Bertz CT molecular complexity index is 1080. The minimum Gasteiger partial charge on any atom is -0.486 e. The lowest BCUT2D eigenvalue weighted by Gasteiger charge is -2.13. The van der Waals surface area contributed by atoms with E-state index in [0.29, 0.717) is 5.69 Å². The van der Waals surface area contributed by atoms with Crippen molar-refractivity contribution in [3.05, 3.63) is 86.5 Å². The van der Waals surface area contributed by atoms with Crippen LogP contribution in [-0.4, -0.2) is 22.4 Å². The molecule has 0 N–H and O–H groups in total. The van der Waals surface area contributed by atoms with Gasteiger partial charge in [-0.3, -0.25) is 4.79 Å². The number of aryl methyl sites for hydroxylation is 1. The molecule has 0 fully saturated rings. The van der Waals surface area contributed by atoms with Crippen LogP contribution in [0.1, 0.15) is 28.5 Å². The third-order valence-corrected chi connectivity index (χ3v) is 4.43. The van der Waals surface area contributed by atoms with E-state index >= 15 is 0 Å². The van der Waals surface area contributed by atoms with E-state index in [4.69, 9.17) is 21.1 Å². The maximum atomic E-state index is 14.0. The molecule has 3 rings (SSSR count). The molecule has 3 aromatic rings. The molecule has 0 radical (unpaired) electrons. The van der Waals surface area contributed by atoms with Gasteiger partial charge in [0.15, 0.2) is 5.75 Å². The number of halogens is 2. The molecule has 0 spiro atoms. The molecule has 0 aliphatic heterocycles. The summed E-state index contributed by atoms with van der Waals surface area (Å²) in [5.41, 5.74) is 0.881. The molecule has 2 aromatic carbocycles. The molecule has 0 unspecified atom stereocenters. The van der Waals surface area contributed by atoms with Crippen molar-refractivity contribution in [3.63, 3.8) is 0 Å². The van der Waals surface area contributed by atoms with Gasteiger partial charge in [-0.25, -0.2) is 9.18 Å².